The molecule has 0 bridgehead atoms. The van der Waals surface area contributed by atoms with Crippen LogP contribution in [-0.4, -0.2) is 17.1 Å². The van der Waals surface area contributed by atoms with Crippen LogP contribution < -0.4 is 5.73 Å². The fourth-order valence-corrected chi connectivity index (χ4v) is 2.59. The molecule has 0 unspecified atom stereocenters. The van der Waals surface area contributed by atoms with Gasteiger partial charge in [-0.05, 0) is 39.9 Å². The minimum absolute atomic E-state index is 0.330. The third-order valence-electron chi connectivity index (χ3n) is 3.78. The van der Waals surface area contributed by atoms with Crippen LogP contribution in [0, 0.1) is 0 Å². The van der Waals surface area contributed by atoms with E-state index >= 15 is 0 Å². The van der Waals surface area contributed by atoms with Gasteiger partial charge in [-0.3, -0.25) is 4.79 Å². The van der Waals surface area contributed by atoms with Crippen molar-refractivity contribution in [2.24, 2.45) is 5.73 Å². The number of benzene rings is 3. The molecule has 110 valence electrons. The summed E-state index contributed by atoms with van der Waals surface area (Å²) in [5.41, 5.74) is 8.73. The molecule has 1 atom stereocenters. The van der Waals surface area contributed by atoms with E-state index in [4.69, 9.17) is 10.8 Å². The van der Waals surface area contributed by atoms with Crippen LogP contribution in [0.3, 0.4) is 0 Å². The van der Waals surface area contributed by atoms with Crippen LogP contribution in [-0.2, 0) is 11.2 Å². The number of rotatable bonds is 4. The van der Waals surface area contributed by atoms with Crippen LogP contribution in [0.1, 0.15) is 5.56 Å². The predicted octanol–water partition coefficient (Wildman–Crippen LogP) is 3.46. The van der Waals surface area contributed by atoms with Crippen molar-refractivity contribution in [2.45, 2.75) is 12.5 Å². The number of hydrogen-bond donors (Lipinski definition) is 2. The molecule has 3 aromatic rings. The quantitative estimate of drug-likeness (QED) is 0.773. The van der Waals surface area contributed by atoms with Crippen LogP contribution in [0.2, 0.25) is 0 Å². The summed E-state index contributed by atoms with van der Waals surface area (Å²) in [6.07, 6.45) is 0.330. The lowest BCUT2D eigenvalue weighted by atomic mass is 9.98. The molecule has 0 spiro atoms. The Bertz CT molecular complexity index is 826. The zero-order chi connectivity index (χ0) is 15.5. The van der Waals surface area contributed by atoms with E-state index in [1.54, 1.807) is 0 Å². The molecule has 3 heteroatoms. The fourth-order valence-electron chi connectivity index (χ4n) is 2.59. The first-order chi connectivity index (χ1) is 10.6. The summed E-state index contributed by atoms with van der Waals surface area (Å²) in [6.45, 7) is 0. The molecule has 22 heavy (non-hydrogen) atoms. The van der Waals surface area contributed by atoms with Crippen LogP contribution >= 0.6 is 0 Å². The second-order valence-corrected chi connectivity index (χ2v) is 5.41. The summed E-state index contributed by atoms with van der Waals surface area (Å²) in [5, 5.41) is 11.3. The number of fused-ring (bicyclic) bond motifs is 1. The Morgan fingerprint density at radius 3 is 2.41 bits per heavy atom. The molecule has 0 saturated carbocycles. The standard InChI is InChI=1S/C19H17NO2/c20-18(19(21)22)11-13-4-3-7-15(10-13)17-9-8-14-5-1-2-6-16(14)12-17/h1-10,12,18H,11,20H2,(H,21,22)/t18-/m0/s1. The van der Waals surface area contributed by atoms with E-state index in [1.165, 1.54) is 10.8 Å². The van der Waals surface area contributed by atoms with E-state index in [-0.39, 0.29) is 0 Å². The molecule has 0 amide bonds. The maximum atomic E-state index is 10.9. The van der Waals surface area contributed by atoms with Crippen molar-refractivity contribution in [2.75, 3.05) is 0 Å². The molecule has 3 rings (SSSR count). The largest absolute Gasteiger partial charge is 0.480 e. The Kier molecular flexibility index (Phi) is 3.90. The van der Waals surface area contributed by atoms with Gasteiger partial charge in [0.25, 0.3) is 0 Å². The highest BCUT2D eigenvalue weighted by atomic mass is 16.4. The fraction of sp³-hybridized carbons (Fsp3) is 0.105. The van der Waals surface area contributed by atoms with Crippen molar-refractivity contribution in [1.82, 2.24) is 0 Å². The van der Waals surface area contributed by atoms with Crippen molar-refractivity contribution in [1.29, 1.82) is 0 Å². The van der Waals surface area contributed by atoms with E-state index in [1.807, 2.05) is 36.4 Å². The minimum atomic E-state index is -0.976. The number of carboxylic acid groups (broad SMARTS) is 1. The van der Waals surface area contributed by atoms with Gasteiger partial charge < -0.3 is 10.8 Å². The van der Waals surface area contributed by atoms with E-state index in [0.29, 0.717) is 6.42 Å². The van der Waals surface area contributed by atoms with Crippen LogP contribution in [0.5, 0.6) is 0 Å². The van der Waals surface area contributed by atoms with Crippen molar-refractivity contribution in [3.8, 4) is 11.1 Å². The van der Waals surface area contributed by atoms with Gasteiger partial charge >= 0.3 is 5.97 Å². The number of nitrogens with two attached hydrogens (primary N) is 1. The van der Waals surface area contributed by atoms with Crippen LogP contribution in [0.25, 0.3) is 21.9 Å². The van der Waals surface area contributed by atoms with Gasteiger partial charge in [0.1, 0.15) is 6.04 Å². The van der Waals surface area contributed by atoms with Crippen molar-refractivity contribution < 1.29 is 9.90 Å². The Hall–Kier alpha value is -2.65. The van der Waals surface area contributed by atoms with Crippen molar-refractivity contribution in [3.63, 3.8) is 0 Å². The number of carboxylic acids is 1. The number of aliphatic carboxylic acids is 1. The zero-order valence-electron chi connectivity index (χ0n) is 12.1. The maximum Gasteiger partial charge on any atom is 0.320 e. The Morgan fingerprint density at radius 1 is 0.909 bits per heavy atom. The third-order valence-corrected chi connectivity index (χ3v) is 3.78. The summed E-state index contributed by atoms with van der Waals surface area (Å²) in [7, 11) is 0. The summed E-state index contributed by atoms with van der Waals surface area (Å²) in [6, 6.07) is 21.6. The van der Waals surface area contributed by atoms with Gasteiger partial charge in [-0.25, -0.2) is 0 Å². The lowest BCUT2D eigenvalue weighted by Gasteiger charge is -2.09. The van der Waals surface area contributed by atoms with Gasteiger partial charge in [-0.15, -0.1) is 0 Å². The van der Waals surface area contributed by atoms with Crippen molar-refractivity contribution >= 4 is 16.7 Å². The highest BCUT2D eigenvalue weighted by Crippen LogP contribution is 2.25. The van der Waals surface area contributed by atoms with Crippen LogP contribution in [0.4, 0.5) is 0 Å². The van der Waals surface area contributed by atoms with Gasteiger partial charge in [-0.1, -0.05) is 60.7 Å². The molecular formula is C19H17NO2. The summed E-state index contributed by atoms with van der Waals surface area (Å²) in [4.78, 5) is 10.9. The summed E-state index contributed by atoms with van der Waals surface area (Å²) < 4.78 is 0. The smallest absolute Gasteiger partial charge is 0.320 e. The molecular weight excluding hydrogens is 274 g/mol. The highest BCUT2D eigenvalue weighted by molar-refractivity contribution is 5.87. The van der Waals surface area contributed by atoms with Gasteiger partial charge in [0.15, 0.2) is 0 Å². The molecule has 3 aromatic carbocycles. The Morgan fingerprint density at radius 2 is 1.64 bits per heavy atom. The summed E-state index contributed by atoms with van der Waals surface area (Å²) >= 11 is 0. The second-order valence-electron chi connectivity index (χ2n) is 5.41. The topological polar surface area (TPSA) is 63.3 Å². The number of carbonyl (C=O) groups is 1. The lowest BCUT2D eigenvalue weighted by molar-refractivity contribution is -0.138. The molecule has 0 aliphatic rings. The van der Waals surface area contributed by atoms with Crippen molar-refractivity contribution in [3.05, 3.63) is 72.3 Å². The highest BCUT2D eigenvalue weighted by Gasteiger charge is 2.12. The average Bonchev–Trinajstić information content (AvgIpc) is 2.54. The average molecular weight is 291 g/mol. The van der Waals surface area contributed by atoms with E-state index in [0.717, 1.165) is 16.7 Å². The van der Waals surface area contributed by atoms with E-state index < -0.39 is 12.0 Å². The Balaban J connectivity index is 1.94. The normalized spacial score (nSPS) is 12.2. The SMILES string of the molecule is N[C@@H](Cc1cccc(-c2ccc3ccccc3c2)c1)C(=O)O. The predicted molar refractivity (Wildman–Crippen MR) is 88.7 cm³/mol. The minimum Gasteiger partial charge on any atom is -0.480 e. The molecule has 0 aromatic heterocycles. The third kappa shape index (κ3) is 3.00. The van der Waals surface area contributed by atoms with Crippen LogP contribution in [0.15, 0.2) is 66.7 Å². The van der Waals surface area contributed by atoms with Gasteiger partial charge in [0.2, 0.25) is 0 Å². The van der Waals surface area contributed by atoms with Gasteiger partial charge in [-0.2, -0.15) is 0 Å². The Labute approximate surface area is 129 Å². The monoisotopic (exact) mass is 291 g/mol. The first-order valence-corrected chi connectivity index (χ1v) is 7.20. The lowest BCUT2D eigenvalue weighted by Crippen LogP contribution is -2.32. The van der Waals surface area contributed by atoms with Gasteiger partial charge in [0.05, 0.1) is 0 Å². The maximum absolute atomic E-state index is 10.9. The molecule has 0 heterocycles. The first-order valence-electron chi connectivity index (χ1n) is 7.20. The number of hydrogen-bond acceptors (Lipinski definition) is 2. The molecule has 3 nitrogen and oxygen atoms in total. The van der Waals surface area contributed by atoms with E-state index in [2.05, 4.69) is 30.3 Å². The second kappa shape index (κ2) is 6.00. The molecule has 0 saturated heterocycles. The van der Waals surface area contributed by atoms with Gasteiger partial charge in [0, 0.05) is 0 Å². The molecule has 0 aliphatic heterocycles. The molecule has 3 N–H and O–H groups in total. The first kappa shape index (κ1) is 14.3. The molecule has 0 aliphatic carbocycles. The summed E-state index contributed by atoms with van der Waals surface area (Å²) in [5.74, 6) is -0.976. The molecule has 0 fully saturated rings. The van der Waals surface area contributed by atoms with E-state index in [9.17, 15) is 4.79 Å². The zero-order valence-corrected chi connectivity index (χ0v) is 12.1. The molecule has 0 radical (unpaired) electrons.